The molecule has 0 unspecified atom stereocenters. The molecule has 2 aromatic rings. The molecule has 0 radical (unpaired) electrons. The van der Waals surface area contributed by atoms with Crippen LogP contribution in [0.15, 0.2) is 36.4 Å². The van der Waals surface area contributed by atoms with Gasteiger partial charge in [-0.05, 0) is 49.2 Å². The fraction of sp³-hybridized carbons (Fsp3) is 0.250. The normalized spacial score (nSPS) is 14.4. The van der Waals surface area contributed by atoms with Crippen LogP contribution < -0.4 is 5.73 Å². The molecular formula is C16H16FN3O. The molecule has 0 atom stereocenters. The van der Waals surface area contributed by atoms with E-state index in [4.69, 9.17) is 5.73 Å². The van der Waals surface area contributed by atoms with Gasteiger partial charge in [0.25, 0.3) is 5.91 Å². The minimum Gasteiger partial charge on any atom is -0.383 e. The van der Waals surface area contributed by atoms with Gasteiger partial charge in [-0.3, -0.25) is 4.79 Å². The predicted molar refractivity (Wildman–Crippen MR) is 79.2 cm³/mol. The number of anilines is 1. The van der Waals surface area contributed by atoms with Crippen LogP contribution in [0, 0.1) is 5.82 Å². The van der Waals surface area contributed by atoms with Gasteiger partial charge in [-0.1, -0.05) is 0 Å². The van der Waals surface area contributed by atoms with Crippen LogP contribution in [0.3, 0.4) is 0 Å². The minimum atomic E-state index is -0.299. The largest absolute Gasteiger partial charge is 0.383 e. The van der Waals surface area contributed by atoms with Crippen LogP contribution in [0.25, 0.3) is 11.3 Å². The van der Waals surface area contributed by atoms with E-state index in [0.717, 1.165) is 31.5 Å². The Morgan fingerprint density at radius 2 is 1.76 bits per heavy atom. The number of hydrogen-bond donors (Lipinski definition) is 1. The van der Waals surface area contributed by atoms with Crippen molar-refractivity contribution in [3.05, 3.63) is 47.8 Å². The number of hydrogen-bond acceptors (Lipinski definition) is 3. The number of likely N-dealkylation sites (tertiary alicyclic amines) is 1. The maximum atomic E-state index is 12.9. The summed E-state index contributed by atoms with van der Waals surface area (Å²) in [5, 5.41) is 0. The molecule has 21 heavy (non-hydrogen) atoms. The topological polar surface area (TPSA) is 59.2 Å². The molecule has 1 aromatic carbocycles. The highest BCUT2D eigenvalue weighted by molar-refractivity contribution is 5.98. The molecule has 3 rings (SSSR count). The smallest absolute Gasteiger partial charge is 0.257 e. The second kappa shape index (κ2) is 5.52. The molecular weight excluding hydrogens is 269 g/mol. The maximum Gasteiger partial charge on any atom is 0.257 e. The van der Waals surface area contributed by atoms with Crippen LogP contribution in [0.4, 0.5) is 10.2 Å². The Balaban J connectivity index is 1.89. The SMILES string of the molecule is Nc1nc(-c2ccc(F)cc2)ccc1C(=O)N1CCCC1. The van der Waals surface area contributed by atoms with Gasteiger partial charge in [0.2, 0.25) is 0 Å². The lowest BCUT2D eigenvalue weighted by atomic mass is 10.1. The van der Waals surface area contributed by atoms with E-state index in [0.29, 0.717) is 11.3 Å². The van der Waals surface area contributed by atoms with Crippen molar-refractivity contribution in [2.75, 3.05) is 18.8 Å². The first-order valence-electron chi connectivity index (χ1n) is 6.97. The highest BCUT2D eigenvalue weighted by atomic mass is 19.1. The number of nitrogens with zero attached hydrogens (tertiary/aromatic N) is 2. The van der Waals surface area contributed by atoms with E-state index >= 15 is 0 Å². The van der Waals surface area contributed by atoms with Crippen molar-refractivity contribution in [2.45, 2.75) is 12.8 Å². The molecule has 0 bridgehead atoms. The number of carbonyl (C=O) groups excluding carboxylic acids is 1. The molecule has 0 saturated carbocycles. The number of rotatable bonds is 2. The number of amides is 1. The van der Waals surface area contributed by atoms with Crippen molar-refractivity contribution in [1.29, 1.82) is 0 Å². The molecule has 1 fully saturated rings. The number of nitrogens with two attached hydrogens (primary N) is 1. The van der Waals surface area contributed by atoms with Gasteiger partial charge in [0.05, 0.1) is 11.3 Å². The third-order valence-electron chi connectivity index (χ3n) is 3.69. The van der Waals surface area contributed by atoms with Gasteiger partial charge in [0.1, 0.15) is 11.6 Å². The first-order valence-corrected chi connectivity index (χ1v) is 6.97. The molecule has 2 heterocycles. The number of pyridine rings is 1. The average molecular weight is 285 g/mol. The van der Waals surface area contributed by atoms with Gasteiger partial charge < -0.3 is 10.6 Å². The number of nitrogen functional groups attached to an aromatic ring is 1. The van der Waals surface area contributed by atoms with E-state index in [1.54, 1.807) is 29.2 Å². The summed E-state index contributed by atoms with van der Waals surface area (Å²) in [5.41, 5.74) is 7.75. The Morgan fingerprint density at radius 1 is 1.10 bits per heavy atom. The molecule has 5 heteroatoms. The van der Waals surface area contributed by atoms with Crippen LogP contribution in [-0.2, 0) is 0 Å². The molecule has 1 aromatic heterocycles. The summed E-state index contributed by atoms with van der Waals surface area (Å²) in [6.07, 6.45) is 2.07. The summed E-state index contributed by atoms with van der Waals surface area (Å²) in [6, 6.07) is 9.46. The van der Waals surface area contributed by atoms with Crippen LogP contribution in [-0.4, -0.2) is 28.9 Å². The van der Waals surface area contributed by atoms with E-state index in [2.05, 4.69) is 4.98 Å². The summed E-state index contributed by atoms with van der Waals surface area (Å²) in [4.78, 5) is 18.4. The van der Waals surface area contributed by atoms with E-state index < -0.39 is 0 Å². The minimum absolute atomic E-state index is 0.0665. The highest BCUT2D eigenvalue weighted by Gasteiger charge is 2.22. The van der Waals surface area contributed by atoms with Crippen LogP contribution >= 0.6 is 0 Å². The summed E-state index contributed by atoms with van der Waals surface area (Å²) >= 11 is 0. The number of aromatic nitrogens is 1. The van der Waals surface area contributed by atoms with Gasteiger partial charge in [0.15, 0.2) is 0 Å². The molecule has 1 amide bonds. The Labute approximate surface area is 122 Å². The van der Waals surface area contributed by atoms with Crippen LogP contribution in [0.1, 0.15) is 23.2 Å². The Bertz CT molecular complexity index is 664. The molecule has 1 saturated heterocycles. The lowest BCUT2D eigenvalue weighted by Gasteiger charge is -2.16. The van der Waals surface area contributed by atoms with E-state index in [9.17, 15) is 9.18 Å². The number of halogens is 1. The molecule has 0 aliphatic carbocycles. The Morgan fingerprint density at radius 3 is 2.38 bits per heavy atom. The van der Waals surface area contributed by atoms with Gasteiger partial charge in [0, 0.05) is 18.7 Å². The summed E-state index contributed by atoms with van der Waals surface area (Å²) in [6.45, 7) is 1.55. The lowest BCUT2D eigenvalue weighted by Crippen LogP contribution is -2.28. The van der Waals surface area contributed by atoms with Crippen LogP contribution in [0.2, 0.25) is 0 Å². The maximum absolute atomic E-state index is 12.9. The van der Waals surface area contributed by atoms with E-state index in [1.165, 1.54) is 12.1 Å². The van der Waals surface area contributed by atoms with E-state index in [1.807, 2.05) is 0 Å². The third-order valence-corrected chi connectivity index (χ3v) is 3.69. The van der Waals surface area contributed by atoms with Gasteiger partial charge in [-0.2, -0.15) is 0 Å². The average Bonchev–Trinajstić information content (AvgIpc) is 3.01. The number of benzene rings is 1. The van der Waals surface area contributed by atoms with Crippen molar-refractivity contribution in [3.8, 4) is 11.3 Å². The predicted octanol–water partition coefficient (Wildman–Crippen LogP) is 2.71. The zero-order valence-corrected chi connectivity index (χ0v) is 11.6. The molecule has 4 nitrogen and oxygen atoms in total. The fourth-order valence-corrected chi connectivity index (χ4v) is 2.53. The highest BCUT2D eigenvalue weighted by Crippen LogP contribution is 2.22. The Hall–Kier alpha value is -2.43. The first kappa shape index (κ1) is 13.5. The van der Waals surface area contributed by atoms with Gasteiger partial charge in [-0.15, -0.1) is 0 Å². The summed E-state index contributed by atoms with van der Waals surface area (Å²) in [7, 11) is 0. The van der Waals surface area contributed by atoms with Gasteiger partial charge in [-0.25, -0.2) is 9.37 Å². The van der Waals surface area contributed by atoms with E-state index in [-0.39, 0.29) is 17.5 Å². The lowest BCUT2D eigenvalue weighted by molar-refractivity contribution is 0.0793. The third kappa shape index (κ3) is 2.72. The standard InChI is InChI=1S/C16H16FN3O/c17-12-5-3-11(4-6-12)14-8-7-13(15(18)19-14)16(21)20-9-1-2-10-20/h3-8H,1-2,9-10H2,(H2,18,19). The summed E-state index contributed by atoms with van der Waals surface area (Å²) in [5.74, 6) is -0.149. The van der Waals surface area contributed by atoms with Crippen molar-refractivity contribution in [3.63, 3.8) is 0 Å². The monoisotopic (exact) mass is 285 g/mol. The molecule has 0 spiro atoms. The van der Waals surface area contributed by atoms with Crippen molar-refractivity contribution < 1.29 is 9.18 Å². The fourth-order valence-electron chi connectivity index (χ4n) is 2.53. The van der Waals surface area contributed by atoms with Crippen molar-refractivity contribution in [1.82, 2.24) is 9.88 Å². The second-order valence-electron chi connectivity index (χ2n) is 5.14. The molecule has 1 aliphatic rings. The van der Waals surface area contributed by atoms with Crippen molar-refractivity contribution >= 4 is 11.7 Å². The molecule has 2 N–H and O–H groups in total. The zero-order valence-electron chi connectivity index (χ0n) is 11.6. The quantitative estimate of drug-likeness (QED) is 0.923. The van der Waals surface area contributed by atoms with Crippen molar-refractivity contribution in [2.24, 2.45) is 0 Å². The molecule has 1 aliphatic heterocycles. The van der Waals surface area contributed by atoms with Crippen LogP contribution in [0.5, 0.6) is 0 Å². The molecule has 108 valence electrons. The van der Waals surface area contributed by atoms with Gasteiger partial charge >= 0.3 is 0 Å². The second-order valence-corrected chi connectivity index (χ2v) is 5.14. The first-order chi connectivity index (χ1) is 10.1. The zero-order chi connectivity index (χ0) is 14.8. The Kier molecular flexibility index (Phi) is 3.56. The summed E-state index contributed by atoms with van der Waals surface area (Å²) < 4.78 is 12.9. The number of carbonyl (C=O) groups is 1.